The molecule has 2 heterocycles. The van der Waals surface area contributed by atoms with E-state index in [0.29, 0.717) is 10.6 Å². The van der Waals surface area contributed by atoms with Crippen LogP contribution in [0, 0.1) is 0 Å². The van der Waals surface area contributed by atoms with E-state index in [1.54, 1.807) is 12.1 Å². The van der Waals surface area contributed by atoms with Gasteiger partial charge in [-0.2, -0.15) is 0 Å². The lowest BCUT2D eigenvalue weighted by molar-refractivity contribution is 0.478. The Bertz CT molecular complexity index is 1200. The Morgan fingerprint density at radius 1 is 1.00 bits per heavy atom. The monoisotopic (exact) mass is 419 g/mol. The van der Waals surface area contributed by atoms with E-state index in [9.17, 15) is 9.90 Å². The third-order valence-electron chi connectivity index (χ3n) is 6.08. The number of benzene rings is 2. The predicted molar refractivity (Wildman–Crippen MR) is 129 cm³/mol. The molecule has 156 valence electrons. The maximum Gasteiger partial charge on any atom is 0.266 e. The van der Waals surface area contributed by atoms with E-state index >= 15 is 0 Å². The van der Waals surface area contributed by atoms with Crippen molar-refractivity contribution >= 4 is 32.3 Å². The average Bonchev–Trinajstić information content (AvgIpc) is 3.25. The molecular formula is C26H29NO2S. The van der Waals surface area contributed by atoms with Gasteiger partial charge in [0.25, 0.3) is 5.56 Å². The number of thiophene rings is 1. The second-order valence-electron chi connectivity index (χ2n) is 8.23. The van der Waals surface area contributed by atoms with Crippen LogP contribution >= 0.6 is 11.3 Å². The zero-order chi connectivity index (χ0) is 21.1. The van der Waals surface area contributed by atoms with Crippen LogP contribution in [-0.2, 0) is 0 Å². The molecule has 4 heteroatoms. The summed E-state index contributed by atoms with van der Waals surface area (Å²) in [6, 6.07) is 14.0. The van der Waals surface area contributed by atoms with Crippen molar-refractivity contribution in [2.75, 3.05) is 0 Å². The van der Waals surface area contributed by atoms with Gasteiger partial charge in [0.15, 0.2) is 0 Å². The van der Waals surface area contributed by atoms with Gasteiger partial charge in [-0.15, -0.1) is 11.3 Å². The fourth-order valence-corrected chi connectivity index (χ4v) is 5.12. The predicted octanol–water partition coefficient (Wildman–Crippen LogP) is 7.58. The highest BCUT2D eigenvalue weighted by Crippen LogP contribution is 2.40. The summed E-state index contributed by atoms with van der Waals surface area (Å²) in [5, 5.41) is 14.4. The standard InChI is InChI=1S/C26H29NO2S/c1-3-4-5-6-7-8-17(2)18-9-11-19(12-10-18)23-22(28)14-13-21-24(23)20-15-16-30-25(20)26(29)27-21/h9-17,28H,3-8H2,1-2H3,(H,27,29). The number of phenolic OH excluding ortho intramolecular Hbond substituents is 1. The Hall–Kier alpha value is -2.59. The van der Waals surface area contributed by atoms with Gasteiger partial charge in [0.05, 0.1) is 0 Å². The number of aromatic hydroxyl groups is 1. The Morgan fingerprint density at radius 2 is 1.77 bits per heavy atom. The first-order valence-electron chi connectivity index (χ1n) is 11.0. The minimum atomic E-state index is -0.0766. The van der Waals surface area contributed by atoms with E-state index in [1.807, 2.05) is 11.4 Å². The molecule has 0 aliphatic rings. The number of nitrogens with one attached hydrogen (secondary N) is 1. The molecule has 0 bridgehead atoms. The van der Waals surface area contributed by atoms with Gasteiger partial charge in [-0.3, -0.25) is 4.79 Å². The fraction of sp³-hybridized carbons (Fsp3) is 0.346. The van der Waals surface area contributed by atoms with E-state index in [0.717, 1.165) is 27.4 Å². The van der Waals surface area contributed by atoms with Crippen LogP contribution in [-0.4, -0.2) is 10.1 Å². The SMILES string of the molecule is CCCCCCCC(C)c1ccc(-c2c(O)ccc3[nH]c(=O)c4sccc4c23)cc1. The largest absolute Gasteiger partial charge is 0.507 e. The molecule has 30 heavy (non-hydrogen) atoms. The molecule has 0 saturated carbocycles. The number of pyridine rings is 1. The van der Waals surface area contributed by atoms with Crippen molar-refractivity contribution in [1.82, 2.24) is 4.98 Å². The average molecular weight is 420 g/mol. The molecule has 2 N–H and O–H groups in total. The molecule has 1 unspecified atom stereocenters. The van der Waals surface area contributed by atoms with Crippen molar-refractivity contribution in [2.45, 2.75) is 58.3 Å². The highest BCUT2D eigenvalue weighted by atomic mass is 32.1. The van der Waals surface area contributed by atoms with Crippen LogP contribution in [0.3, 0.4) is 0 Å². The first kappa shape index (κ1) is 20.7. The molecule has 1 atom stereocenters. The number of fused-ring (bicyclic) bond motifs is 3. The van der Waals surface area contributed by atoms with Gasteiger partial charge in [0.2, 0.25) is 0 Å². The maximum atomic E-state index is 12.3. The maximum absolute atomic E-state index is 12.3. The van der Waals surface area contributed by atoms with E-state index < -0.39 is 0 Å². The molecule has 0 aliphatic carbocycles. The molecule has 4 rings (SSSR count). The molecule has 4 aromatic rings. The second kappa shape index (κ2) is 9.05. The minimum absolute atomic E-state index is 0.0766. The summed E-state index contributed by atoms with van der Waals surface area (Å²) >= 11 is 1.43. The molecule has 0 fully saturated rings. The number of unbranched alkanes of at least 4 members (excludes halogenated alkanes) is 4. The lowest BCUT2D eigenvalue weighted by Crippen LogP contribution is -2.04. The number of rotatable bonds is 8. The van der Waals surface area contributed by atoms with Crippen LogP contribution in [0.25, 0.3) is 32.1 Å². The summed E-state index contributed by atoms with van der Waals surface area (Å²) in [5.74, 6) is 0.764. The van der Waals surface area contributed by atoms with E-state index in [2.05, 4.69) is 43.1 Å². The smallest absolute Gasteiger partial charge is 0.266 e. The quantitative estimate of drug-likeness (QED) is 0.289. The molecule has 0 spiro atoms. The molecular weight excluding hydrogens is 390 g/mol. The number of aromatic amines is 1. The topological polar surface area (TPSA) is 53.1 Å². The van der Waals surface area contributed by atoms with Crippen LogP contribution in [0.5, 0.6) is 5.75 Å². The van der Waals surface area contributed by atoms with Gasteiger partial charge < -0.3 is 10.1 Å². The number of aromatic nitrogens is 1. The minimum Gasteiger partial charge on any atom is -0.507 e. The lowest BCUT2D eigenvalue weighted by atomic mass is 9.91. The summed E-state index contributed by atoms with van der Waals surface area (Å²) < 4.78 is 0.697. The van der Waals surface area contributed by atoms with E-state index in [4.69, 9.17) is 0 Å². The van der Waals surface area contributed by atoms with Gasteiger partial charge in [0, 0.05) is 21.9 Å². The molecule has 2 aromatic heterocycles. The highest BCUT2D eigenvalue weighted by molar-refractivity contribution is 7.17. The lowest BCUT2D eigenvalue weighted by Gasteiger charge is -2.14. The van der Waals surface area contributed by atoms with Gasteiger partial charge in [-0.1, -0.05) is 70.2 Å². The van der Waals surface area contributed by atoms with E-state index in [1.165, 1.54) is 55.4 Å². The van der Waals surface area contributed by atoms with Crippen molar-refractivity contribution in [2.24, 2.45) is 0 Å². The number of phenols is 1. The van der Waals surface area contributed by atoms with Crippen LogP contribution < -0.4 is 5.56 Å². The van der Waals surface area contributed by atoms with Crippen LogP contribution in [0.4, 0.5) is 0 Å². The zero-order valence-electron chi connectivity index (χ0n) is 17.7. The van der Waals surface area contributed by atoms with Crippen molar-refractivity contribution in [3.63, 3.8) is 0 Å². The van der Waals surface area contributed by atoms with Gasteiger partial charge in [-0.25, -0.2) is 0 Å². The van der Waals surface area contributed by atoms with Gasteiger partial charge >= 0.3 is 0 Å². The first-order valence-corrected chi connectivity index (χ1v) is 11.8. The molecule has 0 amide bonds. The summed E-state index contributed by atoms with van der Waals surface area (Å²) in [6.07, 6.45) is 7.75. The molecule has 2 aromatic carbocycles. The fourth-order valence-electron chi connectivity index (χ4n) is 4.33. The molecule has 0 saturated heterocycles. The van der Waals surface area contributed by atoms with Crippen LogP contribution in [0.15, 0.2) is 52.6 Å². The van der Waals surface area contributed by atoms with Gasteiger partial charge in [-0.05, 0) is 47.0 Å². The Kier molecular flexibility index (Phi) is 6.24. The highest BCUT2D eigenvalue weighted by Gasteiger charge is 2.16. The van der Waals surface area contributed by atoms with Crippen LogP contribution in [0.2, 0.25) is 0 Å². The summed E-state index contributed by atoms with van der Waals surface area (Å²) in [6.45, 7) is 4.54. The first-order chi connectivity index (χ1) is 14.6. The van der Waals surface area contributed by atoms with Gasteiger partial charge in [0.1, 0.15) is 10.4 Å². The Balaban J connectivity index is 1.65. The van der Waals surface area contributed by atoms with Crippen LogP contribution in [0.1, 0.15) is 63.9 Å². The van der Waals surface area contributed by atoms with Crippen molar-refractivity contribution in [3.8, 4) is 16.9 Å². The molecule has 0 aliphatic heterocycles. The second-order valence-corrected chi connectivity index (χ2v) is 9.14. The Morgan fingerprint density at radius 3 is 2.53 bits per heavy atom. The summed E-state index contributed by atoms with van der Waals surface area (Å²) in [7, 11) is 0. The van der Waals surface area contributed by atoms with Crippen molar-refractivity contribution in [1.29, 1.82) is 0 Å². The van der Waals surface area contributed by atoms with Crippen molar-refractivity contribution in [3.05, 3.63) is 63.8 Å². The normalized spacial score (nSPS) is 12.6. The summed E-state index contributed by atoms with van der Waals surface area (Å²) in [5.41, 5.74) is 3.76. The summed E-state index contributed by atoms with van der Waals surface area (Å²) in [4.78, 5) is 15.3. The zero-order valence-corrected chi connectivity index (χ0v) is 18.5. The molecule has 3 nitrogen and oxygen atoms in total. The Labute approximate surface area is 181 Å². The van der Waals surface area contributed by atoms with E-state index in [-0.39, 0.29) is 11.3 Å². The van der Waals surface area contributed by atoms with Crippen molar-refractivity contribution < 1.29 is 5.11 Å². The molecule has 0 radical (unpaired) electrons. The number of H-pyrrole nitrogens is 1. The third-order valence-corrected chi connectivity index (χ3v) is 6.99. The third kappa shape index (κ3) is 4.01. The number of hydrogen-bond donors (Lipinski definition) is 2. The number of hydrogen-bond acceptors (Lipinski definition) is 3.